The van der Waals surface area contributed by atoms with Gasteiger partial charge < -0.3 is 0 Å². The molecule has 0 aromatic heterocycles. The van der Waals surface area contributed by atoms with Gasteiger partial charge in [0.1, 0.15) is 0 Å². The van der Waals surface area contributed by atoms with Crippen LogP contribution in [0.3, 0.4) is 0 Å². The summed E-state index contributed by atoms with van der Waals surface area (Å²) >= 11 is 0. The quantitative estimate of drug-likeness (QED) is 0.516. The first-order valence-electron chi connectivity index (χ1n) is 5.83. The van der Waals surface area contributed by atoms with Gasteiger partial charge in [0.2, 0.25) is 0 Å². The Morgan fingerprint density at radius 2 is 1.67 bits per heavy atom. The van der Waals surface area contributed by atoms with E-state index in [1.165, 1.54) is 51.4 Å². The molecule has 0 spiro atoms. The van der Waals surface area contributed by atoms with Crippen LogP contribution in [0.1, 0.15) is 65.2 Å². The third-order valence-electron chi connectivity index (χ3n) is 3.19. The highest BCUT2D eigenvalue weighted by atomic mass is 14.3. The van der Waals surface area contributed by atoms with Crippen molar-refractivity contribution in [3.8, 4) is 0 Å². The Kier molecular flexibility index (Phi) is 4.72. The molecule has 0 saturated heterocycles. The molecule has 1 fully saturated rings. The fourth-order valence-electron chi connectivity index (χ4n) is 2.34. The molecule has 0 aliphatic heterocycles. The molecule has 0 heteroatoms. The van der Waals surface area contributed by atoms with E-state index in [2.05, 4.69) is 13.8 Å². The highest BCUT2D eigenvalue weighted by Crippen LogP contribution is 2.36. The molecule has 1 aliphatic rings. The first kappa shape index (κ1) is 10.1. The van der Waals surface area contributed by atoms with Gasteiger partial charge >= 0.3 is 0 Å². The normalized spacial score (nSPS) is 28.5. The summed E-state index contributed by atoms with van der Waals surface area (Å²) in [5, 5.41) is 0. The second-order valence-electron chi connectivity index (χ2n) is 4.65. The van der Waals surface area contributed by atoms with E-state index in [1.807, 2.05) is 0 Å². The average Bonchev–Trinajstić information content (AvgIpc) is 2.00. The summed E-state index contributed by atoms with van der Waals surface area (Å²) in [5.74, 6) is 2.16. The van der Waals surface area contributed by atoms with Crippen LogP contribution < -0.4 is 0 Å². The van der Waals surface area contributed by atoms with Gasteiger partial charge in [0, 0.05) is 0 Å². The van der Waals surface area contributed by atoms with Crippen molar-refractivity contribution in [1.29, 1.82) is 0 Å². The number of rotatable bonds is 6. The van der Waals surface area contributed by atoms with E-state index in [9.17, 15) is 0 Å². The lowest BCUT2D eigenvalue weighted by molar-refractivity contribution is 0.195. The molecule has 1 rings (SSSR count). The van der Waals surface area contributed by atoms with Gasteiger partial charge in [-0.3, -0.25) is 0 Å². The Morgan fingerprint density at radius 3 is 2.25 bits per heavy atom. The van der Waals surface area contributed by atoms with Crippen LogP contribution in [0, 0.1) is 11.8 Å². The van der Waals surface area contributed by atoms with Crippen LogP contribution in [0.4, 0.5) is 0 Å². The first-order valence-corrected chi connectivity index (χ1v) is 5.83. The topological polar surface area (TPSA) is 0 Å². The maximum atomic E-state index is 2.38. The van der Waals surface area contributed by atoms with Crippen molar-refractivity contribution in [3.05, 3.63) is 0 Å². The summed E-state index contributed by atoms with van der Waals surface area (Å²) in [6.45, 7) is 4.67. The summed E-state index contributed by atoms with van der Waals surface area (Å²) in [5.41, 5.74) is 0. The second-order valence-corrected chi connectivity index (χ2v) is 4.65. The third-order valence-corrected chi connectivity index (χ3v) is 3.19. The summed E-state index contributed by atoms with van der Waals surface area (Å²) in [6, 6.07) is 0. The summed E-state index contributed by atoms with van der Waals surface area (Å²) < 4.78 is 0. The molecule has 0 atom stereocenters. The smallest absolute Gasteiger partial charge is 0.0409 e. The lowest BCUT2D eigenvalue weighted by atomic mass is 9.74. The van der Waals surface area contributed by atoms with E-state index in [0.717, 1.165) is 11.8 Å². The first-order chi connectivity index (χ1) is 5.83. The monoisotopic (exact) mass is 168 g/mol. The van der Waals surface area contributed by atoms with Gasteiger partial charge in [0.15, 0.2) is 0 Å². The van der Waals surface area contributed by atoms with Gasteiger partial charge in [0.25, 0.3) is 0 Å². The molecular formula is C12H24. The zero-order valence-corrected chi connectivity index (χ0v) is 8.81. The molecule has 72 valence electrons. The molecule has 12 heavy (non-hydrogen) atoms. The van der Waals surface area contributed by atoms with Crippen LogP contribution in [0.25, 0.3) is 0 Å². The van der Waals surface area contributed by atoms with Gasteiger partial charge in [-0.1, -0.05) is 52.4 Å². The van der Waals surface area contributed by atoms with E-state index < -0.39 is 0 Å². The van der Waals surface area contributed by atoms with Crippen molar-refractivity contribution < 1.29 is 0 Å². The lowest BCUT2D eigenvalue weighted by Crippen LogP contribution is -2.20. The Balaban J connectivity index is 1.77. The van der Waals surface area contributed by atoms with Gasteiger partial charge in [-0.15, -0.1) is 0 Å². The molecule has 0 amide bonds. The van der Waals surface area contributed by atoms with Crippen molar-refractivity contribution in [3.63, 3.8) is 0 Å². The summed E-state index contributed by atoms with van der Waals surface area (Å²) in [4.78, 5) is 0. The summed E-state index contributed by atoms with van der Waals surface area (Å²) in [7, 11) is 0. The van der Waals surface area contributed by atoms with Crippen LogP contribution in [0.15, 0.2) is 0 Å². The predicted molar refractivity (Wildman–Crippen MR) is 55.3 cm³/mol. The second kappa shape index (κ2) is 5.61. The molecule has 0 bridgehead atoms. The molecule has 0 heterocycles. The molecule has 0 nitrogen and oxygen atoms in total. The highest BCUT2D eigenvalue weighted by Gasteiger charge is 2.23. The van der Waals surface area contributed by atoms with Gasteiger partial charge in [-0.25, -0.2) is 0 Å². The number of hydrogen-bond donors (Lipinski definition) is 0. The molecule has 1 aliphatic carbocycles. The fraction of sp³-hybridized carbons (Fsp3) is 1.00. The van der Waals surface area contributed by atoms with Crippen molar-refractivity contribution in [2.24, 2.45) is 11.8 Å². The molecule has 0 N–H and O–H groups in total. The zero-order chi connectivity index (χ0) is 8.81. The number of hydrogen-bond acceptors (Lipinski definition) is 0. The fourth-order valence-corrected chi connectivity index (χ4v) is 2.34. The molecule has 0 radical (unpaired) electrons. The molecule has 0 aromatic rings. The van der Waals surface area contributed by atoms with Crippen LogP contribution in [0.5, 0.6) is 0 Å². The molecular weight excluding hydrogens is 144 g/mol. The lowest BCUT2D eigenvalue weighted by Gasteiger charge is -2.32. The highest BCUT2D eigenvalue weighted by molar-refractivity contribution is 4.75. The van der Waals surface area contributed by atoms with Crippen LogP contribution in [-0.4, -0.2) is 0 Å². The molecule has 1 saturated carbocycles. The largest absolute Gasteiger partial charge is 0.0654 e. The van der Waals surface area contributed by atoms with E-state index in [1.54, 1.807) is 0 Å². The zero-order valence-electron chi connectivity index (χ0n) is 8.81. The molecule has 0 unspecified atom stereocenters. The van der Waals surface area contributed by atoms with E-state index in [4.69, 9.17) is 0 Å². The Bertz CT molecular complexity index is 101. The van der Waals surface area contributed by atoms with Crippen LogP contribution >= 0.6 is 0 Å². The Morgan fingerprint density at radius 1 is 1.00 bits per heavy atom. The van der Waals surface area contributed by atoms with Gasteiger partial charge in [-0.05, 0) is 24.7 Å². The van der Waals surface area contributed by atoms with Crippen LogP contribution in [0.2, 0.25) is 0 Å². The third kappa shape index (κ3) is 3.60. The van der Waals surface area contributed by atoms with Crippen molar-refractivity contribution in [2.75, 3.05) is 0 Å². The van der Waals surface area contributed by atoms with Crippen LogP contribution in [-0.2, 0) is 0 Å². The van der Waals surface area contributed by atoms with Crippen molar-refractivity contribution >= 4 is 0 Å². The van der Waals surface area contributed by atoms with E-state index in [0.29, 0.717) is 0 Å². The minimum Gasteiger partial charge on any atom is -0.0654 e. The molecule has 0 aromatic carbocycles. The Labute approximate surface area is 77.7 Å². The average molecular weight is 168 g/mol. The minimum absolute atomic E-state index is 1.05. The Hall–Kier alpha value is 0. The van der Waals surface area contributed by atoms with Crippen molar-refractivity contribution in [2.45, 2.75) is 65.2 Å². The maximum Gasteiger partial charge on any atom is -0.0409 e. The standard InChI is InChI=1S/C12H24/c1-3-4-5-6-7-8-12-9-11(2)10-12/h11-12H,3-10H2,1-2H3. The van der Waals surface area contributed by atoms with Gasteiger partial charge in [0.05, 0.1) is 0 Å². The minimum atomic E-state index is 1.05. The van der Waals surface area contributed by atoms with E-state index >= 15 is 0 Å². The van der Waals surface area contributed by atoms with Gasteiger partial charge in [-0.2, -0.15) is 0 Å². The van der Waals surface area contributed by atoms with Crippen molar-refractivity contribution in [1.82, 2.24) is 0 Å². The predicted octanol–water partition coefficient (Wildman–Crippen LogP) is 4.39. The SMILES string of the molecule is CCCCCCCC1CC(C)C1. The maximum absolute atomic E-state index is 2.38. The number of unbranched alkanes of at least 4 members (excludes halogenated alkanes) is 4. The summed E-state index contributed by atoms with van der Waals surface area (Å²) in [6.07, 6.45) is 11.8. The van der Waals surface area contributed by atoms with E-state index in [-0.39, 0.29) is 0 Å².